The number of methoxy groups -OCH3 is 1. The molecule has 0 spiro atoms. The summed E-state index contributed by atoms with van der Waals surface area (Å²) in [5.74, 6) is 0.898. The normalized spacial score (nSPS) is 12.6. The molecular weight excluding hydrogens is 210 g/mol. The van der Waals surface area contributed by atoms with E-state index >= 15 is 0 Å². The lowest BCUT2D eigenvalue weighted by molar-refractivity contribution is 0.415. The predicted molar refractivity (Wildman–Crippen MR) is 72.5 cm³/mol. The number of fused-ring (bicyclic) bond motifs is 1. The maximum absolute atomic E-state index is 6.04. The summed E-state index contributed by atoms with van der Waals surface area (Å²) >= 11 is 0. The van der Waals surface area contributed by atoms with Gasteiger partial charge < -0.3 is 10.5 Å². The maximum Gasteiger partial charge on any atom is 0.119 e. The molecule has 0 bridgehead atoms. The van der Waals surface area contributed by atoms with E-state index in [1.165, 1.54) is 16.3 Å². The van der Waals surface area contributed by atoms with Crippen LogP contribution in [0.5, 0.6) is 5.75 Å². The van der Waals surface area contributed by atoms with Gasteiger partial charge in [0, 0.05) is 6.04 Å². The number of hydrogen-bond donors (Lipinski definition) is 1. The zero-order chi connectivity index (χ0) is 12.3. The van der Waals surface area contributed by atoms with Crippen molar-refractivity contribution in [1.29, 1.82) is 0 Å². The third-order valence-corrected chi connectivity index (χ3v) is 3.19. The summed E-state index contributed by atoms with van der Waals surface area (Å²) in [6, 6.07) is 12.8. The number of rotatable bonds is 4. The Morgan fingerprint density at radius 2 is 2.06 bits per heavy atom. The average Bonchev–Trinajstić information content (AvgIpc) is 2.38. The number of ether oxygens (including phenoxy) is 1. The first kappa shape index (κ1) is 11.9. The average molecular weight is 229 g/mol. The van der Waals surface area contributed by atoms with E-state index < -0.39 is 0 Å². The molecule has 0 aliphatic rings. The van der Waals surface area contributed by atoms with Gasteiger partial charge in [-0.05, 0) is 41.3 Å². The topological polar surface area (TPSA) is 35.2 Å². The van der Waals surface area contributed by atoms with Gasteiger partial charge >= 0.3 is 0 Å². The fourth-order valence-corrected chi connectivity index (χ4v) is 2.05. The second-order valence-corrected chi connectivity index (χ2v) is 4.38. The van der Waals surface area contributed by atoms with Gasteiger partial charge in [0.15, 0.2) is 0 Å². The van der Waals surface area contributed by atoms with Crippen LogP contribution in [0, 0.1) is 0 Å². The summed E-state index contributed by atoms with van der Waals surface area (Å²) in [6.45, 7) is 2.12. The smallest absolute Gasteiger partial charge is 0.119 e. The Balaban J connectivity index is 2.46. The van der Waals surface area contributed by atoms with E-state index in [9.17, 15) is 0 Å². The molecule has 2 aromatic rings. The molecule has 90 valence electrons. The molecule has 0 radical (unpaired) electrons. The molecule has 0 aliphatic heterocycles. The van der Waals surface area contributed by atoms with Crippen molar-refractivity contribution >= 4 is 10.8 Å². The van der Waals surface area contributed by atoms with Gasteiger partial charge in [-0.25, -0.2) is 0 Å². The van der Waals surface area contributed by atoms with Crippen molar-refractivity contribution in [3.8, 4) is 5.75 Å². The van der Waals surface area contributed by atoms with Crippen LogP contribution >= 0.6 is 0 Å². The van der Waals surface area contributed by atoms with Gasteiger partial charge in [0.05, 0.1) is 7.11 Å². The molecule has 0 aliphatic carbocycles. The Labute approximate surface area is 102 Å². The minimum Gasteiger partial charge on any atom is -0.497 e. The van der Waals surface area contributed by atoms with Crippen LogP contribution in [-0.2, 0) is 6.42 Å². The van der Waals surface area contributed by atoms with E-state index in [1.807, 2.05) is 6.07 Å². The molecule has 0 aromatic heterocycles. The number of nitrogens with two attached hydrogens (primary N) is 1. The first-order valence-electron chi connectivity index (χ1n) is 6.05. The van der Waals surface area contributed by atoms with Crippen LogP contribution in [0.25, 0.3) is 10.8 Å². The fraction of sp³-hybridized carbons (Fsp3) is 0.333. The van der Waals surface area contributed by atoms with Gasteiger partial charge in [0.25, 0.3) is 0 Å². The van der Waals surface area contributed by atoms with Crippen LogP contribution in [0.1, 0.15) is 18.9 Å². The molecular formula is C15H19NO. The van der Waals surface area contributed by atoms with Crippen molar-refractivity contribution in [2.24, 2.45) is 5.73 Å². The predicted octanol–water partition coefficient (Wildman–Crippen LogP) is 3.13. The number of hydrogen-bond acceptors (Lipinski definition) is 2. The lowest BCUT2D eigenvalue weighted by Crippen LogP contribution is -2.21. The molecule has 0 saturated heterocycles. The minimum absolute atomic E-state index is 0.229. The minimum atomic E-state index is 0.229. The maximum atomic E-state index is 6.04. The molecule has 0 heterocycles. The molecule has 0 amide bonds. The molecule has 2 N–H and O–H groups in total. The van der Waals surface area contributed by atoms with E-state index in [0.717, 1.165) is 18.6 Å². The first-order chi connectivity index (χ1) is 8.24. The standard InChI is InChI=1S/C15H19NO/c1-3-13(16)9-12-6-4-5-11-7-8-14(17-2)10-15(11)12/h4-8,10,13H,3,9,16H2,1-2H3. The third-order valence-electron chi connectivity index (χ3n) is 3.19. The monoisotopic (exact) mass is 229 g/mol. The highest BCUT2D eigenvalue weighted by atomic mass is 16.5. The lowest BCUT2D eigenvalue weighted by atomic mass is 9.98. The molecule has 1 atom stereocenters. The Kier molecular flexibility index (Phi) is 3.64. The number of benzene rings is 2. The van der Waals surface area contributed by atoms with E-state index in [4.69, 9.17) is 10.5 Å². The van der Waals surface area contributed by atoms with Gasteiger partial charge in [0.2, 0.25) is 0 Å². The third kappa shape index (κ3) is 2.59. The highest BCUT2D eigenvalue weighted by Crippen LogP contribution is 2.24. The van der Waals surface area contributed by atoms with Gasteiger partial charge in [-0.1, -0.05) is 31.2 Å². The molecule has 2 rings (SSSR count). The zero-order valence-electron chi connectivity index (χ0n) is 10.4. The van der Waals surface area contributed by atoms with Crippen LogP contribution in [-0.4, -0.2) is 13.2 Å². The summed E-state index contributed by atoms with van der Waals surface area (Å²) in [5.41, 5.74) is 7.34. The summed E-state index contributed by atoms with van der Waals surface area (Å²) in [6.07, 6.45) is 1.92. The Bertz CT molecular complexity index is 507. The largest absolute Gasteiger partial charge is 0.497 e. The van der Waals surface area contributed by atoms with Gasteiger partial charge in [-0.2, -0.15) is 0 Å². The van der Waals surface area contributed by atoms with E-state index in [2.05, 4.69) is 37.3 Å². The highest BCUT2D eigenvalue weighted by Gasteiger charge is 2.06. The molecule has 2 aromatic carbocycles. The molecule has 2 nitrogen and oxygen atoms in total. The van der Waals surface area contributed by atoms with E-state index in [-0.39, 0.29) is 6.04 Å². The summed E-state index contributed by atoms with van der Waals surface area (Å²) in [4.78, 5) is 0. The Morgan fingerprint density at radius 3 is 2.76 bits per heavy atom. The van der Waals surface area contributed by atoms with Gasteiger partial charge in [-0.15, -0.1) is 0 Å². The Morgan fingerprint density at radius 1 is 1.24 bits per heavy atom. The van der Waals surface area contributed by atoms with Crippen LogP contribution in [0.4, 0.5) is 0 Å². The van der Waals surface area contributed by atoms with Crippen molar-refractivity contribution in [1.82, 2.24) is 0 Å². The second kappa shape index (κ2) is 5.19. The Hall–Kier alpha value is -1.54. The van der Waals surface area contributed by atoms with Crippen molar-refractivity contribution in [2.75, 3.05) is 7.11 Å². The van der Waals surface area contributed by atoms with Crippen LogP contribution in [0.2, 0.25) is 0 Å². The van der Waals surface area contributed by atoms with Crippen molar-refractivity contribution < 1.29 is 4.74 Å². The van der Waals surface area contributed by atoms with Crippen molar-refractivity contribution in [2.45, 2.75) is 25.8 Å². The highest BCUT2D eigenvalue weighted by molar-refractivity contribution is 5.87. The molecule has 2 heteroatoms. The summed E-state index contributed by atoms with van der Waals surface area (Å²) < 4.78 is 5.28. The van der Waals surface area contributed by atoms with Gasteiger partial charge in [0.1, 0.15) is 5.75 Å². The van der Waals surface area contributed by atoms with Crippen LogP contribution in [0.3, 0.4) is 0 Å². The summed E-state index contributed by atoms with van der Waals surface area (Å²) in [7, 11) is 1.70. The van der Waals surface area contributed by atoms with Crippen molar-refractivity contribution in [3.05, 3.63) is 42.0 Å². The molecule has 0 fully saturated rings. The zero-order valence-corrected chi connectivity index (χ0v) is 10.4. The molecule has 17 heavy (non-hydrogen) atoms. The van der Waals surface area contributed by atoms with E-state index in [1.54, 1.807) is 7.11 Å². The second-order valence-electron chi connectivity index (χ2n) is 4.38. The van der Waals surface area contributed by atoms with E-state index in [0.29, 0.717) is 0 Å². The SMILES string of the molecule is CCC(N)Cc1cccc2ccc(OC)cc12. The molecule has 0 saturated carbocycles. The van der Waals surface area contributed by atoms with Gasteiger partial charge in [-0.3, -0.25) is 0 Å². The van der Waals surface area contributed by atoms with Crippen LogP contribution in [0.15, 0.2) is 36.4 Å². The summed E-state index contributed by atoms with van der Waals surface area (Å²) in [5, 5.41) is 2.49. The first-order valence-corrected chi connectivity index (χ1v) is 6.05. The quantitative estimate of drug-likeness (QED) is 0.874. The van der Waals surface area contributed by atoms with Crippen LogP contribution < -0.4 is 10.5 Å². The van der Waals surface area contributed by atoms with Crippen molar-refractivity contribution in [3.63, 3.8) is 0 Å². The lowest BCUT2D eigenvalue weighted by Gasteiger charge is -2.12. The molecule has 1 unspecified atom stereocenters. The fourth-order valence-electron chi connectivity index (χ4n) is 2.05.